The molecule has 6 nitrogen and oxygen atoms in total. The van der Waals surface area contributed by atoms with Crippen molar-refractivity contribution in [2.75, 3.05) is 32.7 Å². The van der Waals surface area contributed by atoms with E-state index in [2.05, 4.69) is 17.1 Å². The molecule has 2 saturated heterocycles. The third kappa shape index (κ3) is 4.10. The fraction of sp³-hybridized carbons (Fsp3) is 0.857. The molecule has 0 bridgehead atoms. The van der Waals surface area contributed by atoms with Crippen molar-refractivity contribution in [3.63, 3.8) is 0 Å². The number of carbonyl (C=O) groups excluding carboxylic acids is 1. The highest BCUT2D eigenvalue weighted by Gasteiger charge is 2.28. The van der Waals surface area contributed by atoms with Crippen LogP contribution in [0, 0.1) is 5.92 Å². The van der Waals surface area contributed by atoms with Crippen molar-refractivity contribution in [2.45, 2.75) is 38.6 Å². The predicted octanol–water partition coefficient (Wildman–Crippen LogP) is 0.977. The molecule has 0 aliphatic carbocycles. The molecule has 2 aliphatic heterocycles. The van der Waals surface area contributed by atoms with E-state index in [-0.39, 0.29) is 18.4 Å². The van der Waals surface area contributed by atoms with Crippen LogP contribution in [-0.2, 0) is 4.79 Å². The van der Waals surface area contributed by atoms with Crippen molar-refractivity contribution >= 4 is 12.0 Å². The second kappa shape index (κ2) is 6.92. The van der Waals surface area contributed by atoms with Crippen LogP contribution < -0.4 is 5.32 Å². The molecule has 2 amide bonds. The Morgan fingerprint density at radius 1 is 1.30 bits per heavy atom. The lowest BCUT2D eigenvalue weighted by molar-refractivity contribution is -0.138. The van der Waals surface area contributed by atoms with Crippen LogP contribution in [0.3, 0.4) is 0 Å². The summed E-state index contributed by atoms with van der Waals surface area (Å²) >= 11 is 0. The number of hydrogen-bond acceptors (Lipinski definition) is 3. The molecule has 2 aliphatic rings. The minimum absolute atomic E-state index is 0.0519. The van der Waals surface area contributed by atoms with Crippen LogP contribution >= 0.6 is 0 Å². The Balaban J connectivity index is 1.68. The average molecular weight is 283 g/mol. The first-order valence-electron chi connectivity index (χ1n) is 7.55. The summed E-state index contributed by atoms with van der Waals surface area (Å²) < 4.78 is 0. The van der Waals surface area contributed by atoms with Gasteiger partial charge in [0.2, 0.25) is 0 Å². The lowest BCUT2D eigenvalue weighted by Crippen LogP contribution is -2.45. The summed E-state index contributed by atoms with van der Waals surface area (Å²) in [6.45, 7) is 6.29. The maximum Gasteiger partial charge on any atom is 0.317 e. The van der Waals surface area contributed by atoms with Gasteiger partial charge in [0, 0.05) is 32.1 Å². The van der Waals surface area contributed by atoms with Gasteiger partial charge in [-0.25, -0.2) is 4.79 Å². The van der Waals surface area contributed by atoms with Gasteiger partial charge >= 0.3 is 12.0 Å². The number of likely N-dealkylation sites (tertiary alicyclic amines) is 2. The topological polar surface area (TPSA) is 72.9 Å². The predicted molar refractivity (Wildman–Crippen MR) is 75.6 cm³/mol. The van der Waals surface area contributed by atoms with Crippen LogP contribution in [0.5, 0.6) is 0 Å². The van der Waals surface area contributed by atoms with Crippen LogP contribution in [0.4, 0.5) is 4.79 Å². The summed E-state index contributed by atoms with van der Waals surface area (Å²) in [5.41, 5.74) is 0. The summed E-state index contributed by atoms with van der Waals surface area (Å²) in [7, 11) is 0. The molecule has 0 saturated carbocycles. The van der Waals surface area contributed by atoms with E-state index in [0.29, 0.717) is 25.7 Å². The molecular formula is C14H25N3O3. The summed E-state index contributed by atoms with van der Waals surface area (Å²) in [4.78, 5) is 26.9. The molecule has 20 heavy (non-hydrogen) atoms. The Morgan fingerprint density at radius 2 is 2.00 bits per heavy atom. The molecule has 2 heterocycles. The fourth-order valence-corrected chi connectivity index (χ4v) is 3.09. The van der Waals surface area contributed by atoms with E-state index in [9.17, 15) is 9.59 Å². The number of nitrogens with zero attached hydrogens (tertiary/aromatic N) is 2. The highest BCUT2D eigenvalue weighted by atomic mass is 16.4. The van der Waals surface area contributed by atoms with Crippen molar-refractivity contribution in [1.29, 1.82) is 0 Å². The number of carbonyl (C=O) groups is 2. The first kappa shape index (κ1) is 15.1. The third-order valence-corrected chi connectivity index (χ3v) is 4.35. The monoisotopic (exact) mass is 283 g/mol. The van der Waals surface area contributed by atoms with Gasteiger partial charge in [-0.1, -0.05) is 0 Å². The molecule has 114 valence electrons. The molecule has 2 unspecified atom stereocenters. The van der Waals surface area contributed by atoms with Gasteiger partial charge in [0.25, 0.3) is 0 Å². The summed E-state index contributed by atoms with van der Waals surface area (Å²) in [6, 6.07) is 0.322. The Hall–Kier alpha value is -1.30. The van der Waals surface area contributed by atoms with Crippen LogP contribution in [-0.4, -0.2) is 65.7 Å². The standard InChI is InChI=1S/C14H25N3O3/c1-11(16-5-2-3-6-16)9-15-14(20)17-7-4-12(10-17)8-13(18)19/h11-12H,2-10H2,1H3,(H,15,20)(H,18,19). The minimum atomic E-state index is -0.778. The summed E-state index contributed by atoms with van der Waals surface area (Å²) in [6.07, 6.45) is 3.46. The molecule has 0 aromatic carbocycles. The van der Waals surface area contributed by atoms with E-state index >= 15 is 0 Å². The van der Waals surface area contributed by atoms with E-state index < -0.39 is 5.97 Å². The van der Waals surface area contributed by atoms with E-state index in [1.807, 2.05) is 0 Å². The van der Waals surface area contributed by atoms with Gasteiger partial charge in [0.15, 0.2) is 0 Å². The largest absolute Gasteiger partial charge is 0.481 e. The molecular weight excluding hydrogens is 258 g/mol. The van der Waals surface area contributed by atoms with Gasteiger partial charge < -0.3 is 15.3 Å². The smallest absolute Gasteiger partial charge is 0.317 e. The molecule has 0 aromatic heterocycles. The second-order valence-corrected chi connectivity index (χ2v) is 5.98. The number of carboxylic acid groups (broad SMARTS) is 1. The second-order valence-electron chi connectivity index (χ2n) is 5.98. The normalized spacial score (nSPS) is 24.9. The maximum absolute atomic E-state index is 12.0. The van der Waals surface area contributed by atoms with Gasteiger partial charge in [-0.2, -0.15) is 0 Å². The lowest BCUT2D eigenvalue weighted by Gasteiger charge is -2.25. The Bertz CT molecular complexity index is 356. The molecule has 0 radical (unpaired) electrons. The highest BCUT2D eigenvalue weighted by molar-refractivity contribution is 5.74. The van der Waals surface area contributed by atoms with Gasteiger partial charge in [0.1, 0.15) is 0 Å². The van der Waals surface area contributed by atoms with Gasteiger partial charge in [-0.05, 0) is 45.2 Å². The van der Waals surface area contributed by atoms with Gasteiger partial charge in [-0.3, -0.25) is 9.69 Å². The number of aliphatic carboxylic acids is 1. The molecule has 2 atom stereocenters. The zero-order valence-electron chi connectivity index (χ0n) is 12.2. The zero-order chi connectivity index (χ0) is 14.5. The van der Waals surface area contributed by atoms with Crippen LogP contribution in [0.25, 0.3) is 0 Å². The Kier molecular flexibility index (Phi) is 5.23. The van der Waals surface area contributed by atoms with Crippen LogP contribution in [0.15, 0.2) is 0 Å². The molecule has 0 aromatic rings. The van der Waals surface area contributed by atoms with E-state index in [1.54, 1.807) is 4.90 Å². The molecule has 6 heteroatoms. The molecule has 2 rings (SSSR count). The van der Waals surface area contributed by atoms with Crippen LogP contribution in [0.2, 0.25) is 0 Å². The van der Waals surface area contributed by atoms with Crippen molar-refractivity contribution in [3.8, 4) is 0 Å². The van der Waals surface area contributed by atoms with Crippen molar-refractivity contribution in [3.05, 3.63) is 0 Å². The van der Waals surface area contributed by atoms with Crippen molar-refractivity contribution < 1.29 is 14.7 Å². The fourth-order valence-electron chi connectivity index (χ4n) is 3.09. The highest BCUT2D eigenvalue weighted by Crippen LogP contribution is 2.19. The first-order chi connectivity index (χ1) is 9.56. The first-order valence-corrected chi connectivity index (χ1v) is 7.55. The maximum atomic E-state index is 12.0. The SMILES string of the molecule is CC(CNC(=O)N1CCC(CC(=O)O)C1)N1CCCC1. The van der Waals surface area contributed by atoms with E-state index in [0.717, 1.165) is 19.5 Å². The number of urea groups is 1. The number of hydrogen-bond donors (Lipinski definition) is 2. The van der Waals surface area contributed by atoms with Gasteiger partial charge in [0.05, 0.1) is 0 Å². The van der Waals surface area contributed by atoms with E-state index in [1.165, 1.54) is 12.8 Å². The van der Waals surface area contributed by atoms with Crippen LogP contribution in [0.1, 0.15) is 32.6 Å². The van der Waals surface area contributed by atoms with Crippen molar-refractivity contribution in [2.24, 2.45) is 5.92 Å². The zero-order valence-corrected chi connectivity index (χ0v) is 12.2. The Labute approximate surface area is 120 Å². The van der Waals surface area contributed by atoms with E-state index in [4.69, 9.17) is 5.11 Å². The summed E-state index contributed by atoms with van der Waals surface area (Å²) in [5.74, 6) is -0.672. The molecule has 2 N–H and O–H groups in total. The number of rotatable bonds is 5. The minimum Gasteiger partial charge on any atom is -0.481 e. The lowest BCUT2D eigenvalue weighted by atomic mass is 10.1. The molecule has 0 spiro atoms. The average Bonchev–Trinajstić information content (AvgIpc) is 3.05. The van der Waals surface area contributed by atoms with Gasteiger partial charge in [-0.15, -0.1) is 0 Å². The summed E-state index contributed by atoms with van der Waals surface area (Å²) in [5, 5.41) is 11.7. The third-order valence-electron chi connectivity index (χ3n) is 4.35. The molecule has 2 fully saturated rings. The van der Waals surface area contributed by atoms with Crippen molar-refractivity contribution in [1.82, 2.24) is 15.1 Å². The number of carboxylic acids is 1. The number of nitrogens with one attached hydrogen (secondary N) is 1. The quantitative estimate of drug-likeness (QED) is 0.789. The Morgan fingerprint density at radius 3 is 2.65 bits per heavy atom. The number of amides is 2.